The Kier molecular flexibility index (Phi) is 3.87. The standard InChI is InChI=1S/C8H13NO6S/c10-7(11)5-6(8(12)13)9-1-3-16(14,15)4-2-9/h6H,1-5H2,(H,10,11)(H,12,13). The van der Waals surface area contributed by atoms with Gasteiger partial charge in [-0.2, -0.15) is 0 Å². The van der Waals surface area contributed by atoms with E-state index in [-0.39, 0.29) is 24.6 Å². The first-order valence-electron chi connectivity index (χ1n) is 4.71. The number of hydrogen-bond donors (Lipinski definition) is 2. The molecule has 0 aromatic heterocycles. The lowest BCUT2D eigenvalue weighted by atomic mass is 10.2. The molecule has 0 aromatic carbocycles. The van der Waals surface area contributed by atoms with Gasteiger partial charge in [0, 0.05) is 13.1 Å². The Morgan fingerprint density at radius 1 is 1.19 bits per heavy atom. The molecule has 8 heteroatoms. The van der Waals surface area contributed by atoms with Crippen molar-refractivity contribution < 1.29 is 28.2 Å². The maximum Gasteiger partial charge on any atom is 0.321 e. The smallest absolute Gasteiger partial charge is 0.321 e. The van der Waals surface area contributed by atoms with Crippen molar-refractivity contribution >= 4 is 21.8 Å². The Balaban J connectivity index is 2.67. The zero-order chi connectivity index (χ0) is 12.3. The molecule has 0 bridgehead atoms. The summed E-state index contributed by atoms with van der Waals surface area (Å²) in [6.45, 7) is 0.152. The molecule has 1 atom stereocenters. The second-order valence-electron chi connectivity index (χ2n) is 3.64. The summed E-state index contributed by atoms with van der Waals surface area (Å²) in [5.74, 6) is -2.67. The minimum absolute atomic E-state index is 0.0760. The highest BCUT2D eigenvalue weighted by molar-refractivity contribution is 7.91. The topological polar surface area (TPSA) is 112 Å². The van der Waals surface area contributed by atoms with Gasteiger partial charge in [0.2, 0.25) is 0 Å². The van der Waals surface area contributed by atoms with E-state index in [4.69, 9.17) is 10.2 Å². The monoisotopic (exact) mass is 251 g/mol. The molecule has 0 aromatic rings. The lowest BCUT2D eigenvalue weighted by Gasteiger charge is -2.30. The van der Waals surface area contributed by atoms with Crippen LogP contribution in [-0.4, -0.2) is 66.1 Å². The Hall–Kier alpha value is -1.15. The summed E-state index contributed by atoms with van der Waals surface area (Å²) in [5.41, 5.74) is 0. The van der Waals surface area contributed by atoms with Crippen molar-refractivity contribution in [3.8, 4) is 0 Å². The maximum atomic E-state index is 11.1. The molecule has 1 aliphatic heterocycles. The second kappa shape index (κ2) is 4.79. The molecule has 1 heterocycles. The van der Waals surface area contributed by atoms with Crippen LogP contribution in [0.1, 0.15) is 6.42 Å². The number of carboxylic acid groups (broad SMARTS) is 2. The third-order valence-electron chi connectivity index (χ3n) is 2.47. The predicted molar refractivity (Wildman–Crippen MR) is 53.9 cm³/mol. The normalized spacial score (nSPS) is 22.5. The third-order valence-corrected chi connectivity index (χ3v) is 4.08. The number of carbonyl (C=O) groups is 2. The number of sulfone groups is 1. The third kappa shape index (κ3) is 3.46. The molecule has 1 unspecified atom stereocenters. The zero-order valence-electron chi connectivity index (χ0n) is 8.50. The summed E-state index contributed by atoms with van der Waals surface area (Å²) in [6.07, 6.45) is -0.518. The van der Waals surface area contributed by atoms with Crippen LogP contribution in [0.5, 0.6) is 0 Å². The van der Waals surface area contributed by atoms with Gasteiger partial charge in [-0.25, -0.2) is 8.42 Å². The van der Waals surface area contributed by atoms with Crippen molar-refractivity contribution in [1.29, 1.82) is 0 Å². The molecular formula is C8H13NO6S. The van der Waals surface area contributed by atoms with Crippen molar-refractivity contribution in [2.24, 2.45) is 0 Å². The average Bonchev–Trinajstić information content (AvgIpc) is 2.14. The Bertz CT molecular complexity index is 375. The number of carboxylic acids is 2. The van der Waals surface area contributed by atoms with E-state index < -0.39 is 34.2 Å². The lowest BCUT2D eigenvalue weighted by Crippen LogP contribution is -2.50. The quantitative estimate of drug-likeness (QED) is 0.634. The first-order valence-corrected chi connectivity index (χ1v) is 6.53. The number of aliphatic carboxylic acids is 2. The van der Waals surface area contributed by atoms with Crippen molar-refractivity contribution in [1.82, 2.24) is 4.90 Å². The van der Waals surface area contributed by atoms with Crippen LogP contribution in [-0.2, 0) is 19.4 Å². The SMILES string of the molecule is O=C(O)CC(C(=O)O)N1CCS(=O)(=O)CC1. The zero-order valence-corrected chi connectivity index (χ0v) is 9.31. The fourth-order valence-corrected chi connectivity index (χ4v) is 2.81. The minimum Gasteiger partial charge on any atom is -0.481 e. The molecule has 16 heavy (non-hydrogen) atoms. The number of hydrogen-bond acceptors (Lipinski definition) is 5. The van der Waals surface area contributed by atoms with Gasteiger partial charge in [0.15, 0.2) is 9.84 Å². The van der Waals surface area contributed by atoms with E-state index in [0.717, 1.165) is 0 Å². The summed E-state index contributed by atoms with van der Waals surface area (Å²) < 4.78 is 22.2. The highest BCUT2D eigenvalue weighted by Crippen LogP contribution is 2.11. The maximum absolute atomic E-state index is 11.1. The summed E-state index contributed by atoms with van der Waals surface area (Å²) in [7, 11) is -3.09. The number of rotatable bonds is 4. The molecule has 0 amide bonds. The van der Waals surface area contributed by atoms with Crippen LogP contribution in [0.25, 0.3) is 0 Å². The molecule has 0 aliphatic carbocycles. The molecule has 1 rings (SSSR count). The van der Waals surface area contributed by atoms with Crippen molar-refractivity contribution in [2.45, 2.75) is 12.5 Å². The van der Waals surface area contributed by atoms with Crippen LogP contribution in [0.15, 0.2) is 0 Å². The first kappa shape index (κ1) is 12.9. The molecule has 92 valence electrons. The number of nitrogens with zero attached hydrogens (tertiary/aromatic N) is 1. The average molecular weight is 251 g/mol. The Morgan fingerprint density at radius 3 is 2.06 bits per heavy atom. The van der Waals surface area contributed by atoms with E-state index in [0.29, 0.717) is 0 Å². The van der Waals surface area contributed by atoms with Crippen LogP contribution < -0.4 is 0 Å². The molecule has 0 radical (unpaired) electrons. The van der Waals surface area contributed by atoms with E-state index in [1.807, 2.05) is 0 Å². The molecule has 1 saturated heterocycles. The van der Waals surface area contributed by atoms with Crippen molar-refractivity contribution in [3.63, 3.8) is 0 Å². The fourth-order valence-electron chi connectivity index (χ4n) is 1.58. The summed E-state index contributed by atoms with van der Waals surface area (Å²) in [4.78, 5) is 22.7. The van der Waals surface area contributed by atoms with Gasteiger partial charge in [-0.1, -0.05) is 0 Å². The molecule has 1 fully saturated rings. The fraction of sp³-hybridized carbons (Fsp3) is 0.750. The van der Waals surface area contributed by atoms with Crippen LogP contribution in [0, 0.1) is 0 Å². The lowest BCUT2D eigenvalue weighted by molar-refractivity contribution is -0.149. The molecule has 7 nitrogen and oxygen atoms in total. The summed E-state index contributed by atoms with van der Waals surface area (Å²) >= 11 is 0. The first-order chi connectivity index (χ1) is 7.32. The van der Waals surface area contributed by atoms with Crippen molar-refractivity contribution in [3.05, 3.63) is 0 Å². The second-order valence-corrected chi connectivity index (χ2v) is 5.94. The van der Waals surface area contributed by atoms with Gasteiger partial charge in [-0.05, 0) is 0 Å². The van der Waals surface area contributed by atoms with Crippen LogP contribution in [0.3, 0.4) is 0 Å². The van der Waals surface area contributed by atoms with Crippen molar-refractivity contribution in [2.75, 3.05) is 24.6 Å². The van der Waals surface area contributed by atoms with Gasteiger partial charge in [0.25, 0.3) is 0 Å². The molecule has 0 saturated carbocycles. The van der Waals surface area contributed by atoms with Gasteiger partial charge in [-0.15, -0.1) is 0 Å². The van der Waals surface area contributed by atoms with Gasteiger partial charge >= 0.3 is 11.9 Å². The van der Waals surface area contributed by atoms with Crippen LogP contribution in [0.4, 0.5) is 0 Å². The van der Waals surface area contributed by atoms with E-state index in [9.17, 15) is 18.0 Å². The van der Waals surface area contributed by atoms with E-state index in [1.165, 1.54) is 4.90 Å². The van der Waals surface area contributed by atoms with E-state index >= 15 is 0 Å². The summed E-state index contributed by atoms with van der Waals surface area (Å²) in [6, 6.07) is -1.15. The van der Waals surface area contributed by atoms with Crippen LogP contribution in [0.2, 0.25) is 0 Å². The highest BCUT2D eigenvalue weighted by atomic mass is 32.2. The molecule has 0 spiro atoms. The van der Waals surface area contributed by atoms with Gasteiger partial charge in [0.05, 0.1) is 17.9 Å². The highest BCUT2D eigenvalue weighted by Gasteiger charge is 2.32. The Labute approximate surface area is 92.6 Å². The molecule has 2 N–H and O–H groups in total. The van der Waals surface area contributed by atoms with Gasteiger partial charge < -0.3 is 10.2 Å². The van der Waals surface area contributed by atoms with E-state index in [1.54, 1.807) is 0 Å². The van der Waals surface area contributed by atoms with E-state index in [2.05, 4.69) is 0 Å². The minimum atomic E-state index is -3.09. The molecule has 1 aliphatic rings. The summed E-state index contributed by atoms with van der Waals surface area (Å²) in [5, 5.41) is 17.4. The van der Waals surface area contributed by atoms with Crippen LogP contribution >= 0.6 is 0 Å². The largest absolute Gasteiger partial charge is 0.481 e. The van der Waals surface area contributed by atoms with Gasteiger partial charge in [-0.3, -0.25) is 14.5 Å². The predicted octanol–water partition coefficient (Wildman–Crippen LogP) is -1.36. The Morgan fingerprint density at radius 2 is 1.69 bits per heavy atom. The molecular weight excluding hydrogens is 238 g/mol. The van der Waals surface area contributed by atoms with Gasteiger partial charge in [0.1, 0.15) is 6.04 Å².